The molecule has 0 bridgehead atoms. The highest BCUT2D eigenvalue weighted by Gasteiger charge is 1.94. The van der Waals surface area contributed by atoms with Gasteiger partial charge in [-0.3, -0.25) is 0 Å². The second-order valence-electron chi connectivity index (χ2n) is 3.93. The molecule has 0 heterocycles. The van der Waals surface area contributed by atoms with Crippen LogP contribution in [0.1, 0.15) is 20.8 Å². The molecule has 0 saturated heterocycles. The van der Waals surface area contributed by atoms with E-state index in [0.717, 1.165) is 0 Å². The van der Waals surface area contributed by atoms with Crippen molar-refractivity contribution < 1.29 is 30.0 Å². The highest BCUT2D eigenvalue weighted by Crippen LogP contribution is 1.81. The number of carboxylic acids is 2. The Hall–Kier alpha value is -1.70. The number of aliphatic hydroxyl groups is 2. The van der Waals surface area contributed by atoms with Crippen molar-refractivity contribution >= 4 is 11.9 Å². The molecule has 1 atom stereocenters. The fourth-order valence-corrected chi connectivity index (χ4v) is 0.375. The lowest BCUT2D eigenvalue weighted by Gasteiger charge is -2.07. The first-order chi connectivity index (χ1) is 9.09. The smallest absolute Gasteiger partial charge is 0.330 e. The summed E-state index contributed by atoms with van der Waals surface area (Å²) in [5, 5.41) is 35.3. The number of hydrogen-bond donors (Lipinski definition) is 5. The fraction of sp³-hybridized carbons (Fsp3) is 0.538. The van der Waals surface area contributed by atoms with Crippen LogP contribution in [0.4, 0.5) is 0 Å². The first-order valence-corrected chi connectivity index (χ1v) is 5.82. The summed E-state index contributed by atoms with van der Waals surface area (Å²) >= 11 is 0. The Morgan fingerprint density at radius 3 is 1.50 bits per heavy atom. The van der Waals surface area contributed by atoms with Gasteiger partial charge in [0.15, 0.2) is 0 Å². The minimum atomic E-state index is -0.935. The molecule has 1 unspecified atom stereocenters. The summed E-state index contributed by atoms with van der Waals surface area (Å²) in [6, 6.07) is 0.0992. The van der Waals surface area contributed by atoms with Crippen LogP contribution in [-0.2, 0) is 9.59 Å². The van der Waals surface area contributed by atoms with Gasteiger partial charge in [0.1, 0.15) is 0 Å². The summed E-state index contributed by atoms with van der Waals surface area (Å²) in [7, 11) is 0. The van der Waals surface area contributed by atoms with E-state index >= 15 is 0 Å². The van der Waals surface area contributed by atoms with Crippen molar-refractivity contribution in [3.05, 3.63) is 24.3 Å². The standard InChI is InChI=1S/C5H13NO2.2C4H6O2/c1-5(4-8)6-2-3-7;2*1-3(2)4(5)6/h5-8H,2-4H2,1H3;2*1H2,2H3,(H,5,6). The minimum Gasteiger partial charge on any atom is -0.478 e. The van der Waals surface area contributed by atoms with Crippen LogP contribution in [0.5, 0.6) is 0 Å². The molecule has 5 N–H and O–H groups in total. The molecule has 0 radical (unpaired) electrons. The molecule has 7 heteroatoms. The van der Waals surface area contributed by atoms with Crippen LogP contribution in [0.3, 0.4) is 0 Å². The van der Waals surface area contributed by atoms with Crippen LogP contribution in [0.15, 0.2) is 24.3 Å². The van der Waals surface area contributed by atoms with Gasteiger partial charge in [-0.15, -0.1) is 0 Å². The van der Waals surface area contributed by atoms with Crippen molar-refractivity contribution in [3.63, 3.8) is 0 Å². The summed E-state index contributed by atoms with van der Waals surface area (Å²) in [4.78, 5) is 19.2. The molecule has 0 aliphatic heterocycles. The molecule has 0 aromatic heterocycles. The predicted molar refractivity (Wildman–Crippen MR) is 76.5 cm³/mol. The SMILES string of the molecule is C=C(C)C(=O)O.C=C(C)C(=O)O.CC(CO)NCCO. The van der Waals surface area contributed by atoms with Crippen LogP contribution < -0.4 is 5.32 Å². The topological polar surface area (TPSA) is 127 Å². The van der Waals surface area contributed by atoms with E-state index in [1.165, 1.54) is 13.8 Å². The van der Waals surface area contributed by atoms with Gasteiger partial charge in [-0.1, -0.05) is 13.2 Å². The zero-order valence-corrected chi connectivity index (χ0v) is 12.2. The van der Waals surface area contributed by atoms with Crippen LogP contribution >= 0.6 is 0 Å². The lowest BCUT2D eigenvalue weighted by atomic mass is 10.4. The first kappa shape index (κ1) is 23.4. The second-order valence-corrected chi connectivity index (χ2v) is 3.93. The number of rotatable bonds is 6. The number of nitrogens with one attached hydrogen (secondary N) is 1. The average molecular weight is 291 g/mol. The zero-order chi connectivity index (χ0) is 16.7. The van der Waals surface area contributed by atoms with Gasteiger partial charge >= 0.3 is 11.9 Å². The molecule has 0 aromatic rings. The molecule has 0 fully saturated rings. The molecule has 0 amide bonds. The Morgan fingerprint density at radius 1 is 1.05 bits per heavy atom. The highest BCUT2D eigenvalue weighted by atomic mass is 16.4. The van der Waals surface area contributed by atoms with E-state index in [4.69, 9.17) is 20.4 Å². The molecule has 7 nitrogen and oxygen atoms in total. The molecule has 0 spiro atoms. The van der Waals surface area contributed by atoms with Gasteiger partial charge < -0.3 is 25.7 Å². The number of aliphatic carboxylic acids is 2. The van der Waals surface area contributed by atoms with Gasteiger partial charge in [0.2, 0.25) is 0 Å². The van der Waals surface area contributed by atoms with Crippen LogP contribution in [0, 0.1) is 0 Å². The largest absolute Gasteiger partial charge is 0.478 e. The number of hydrogen-bond acceptors (Lipinski definition) is 5. The van der Waals surface area contributed by atoms with Gasteiger partial charge in [0.25, 0.3) is 0 Å². The molecule has 0 aliphatic rings. The lowest BCUT2D eigenvalue weighted by molar-refractivity contribution is -0.133. The Balaban J connectivity index is -0.000000221. The fourth-order valence-electron chi connectivity index (χ4n) is 0.375. The second kappa shape index (κ2) is 15.4. The average Bonchev–Trinajstić information content (AvgIpc) is 2.37. The van der Waals surface area contributed by atoms with E-state index in [9.17, 15) is 9.59 Å². The van der Waals surface area contributed by atoms with E-state index in [1.54, 1.807) is 0 Å². The Morgan fingerprint density at radius 2 is 1.35 bits per heavy atom. The summed E-state index contributed by atoms with van der Waals surface area (Å²) in [5.74, 6) is -1.87. The maximum Gasteiger partial charge on any atom is 0.330 e. The van der Waals surface area contributed by atoms with Gasteiger partial charge in [-0.05, 0) is 20.8 Å². The molecule has 0 aliphatic carbocycles. The van der Waals surface area contributed by atoms with Crippen molar-refractivity contribution in [2.75, 3.05) is 19.8 Å². The van der Waals surface area contributed by atoms with Crippen LogP contribution in [0.2, 0.25) is 0 Å². The third-order valence-electron chi connectivity index (χ3n) is 1.61. The van der Waals surface area contributed by atoms with Crippen molar-refractivity contribution in [1.29, 1.82) is 0 Å². The summed E-state index contributed by atoms with van der Waals surface area (Å²) in [6.45, 7) is 11.9. The van der Waals surface area contributed by atoms with Crippen molar-refractivity contribution in [1.82, 2.24) is 5.32 Å². The maximum absolute atomic E-state index is 9.60. The van der Waals surface area contributed by atoms with Crippen LogP contribution in [0.25, 0.3) is 0 Å². The maximum atomic E-state index is 9.60. The molecular formula is C13H25NO6. The minimum absolute atomic E-state index is 0.0992. The molecule has 0 rings (SSSR count). The molecule has 0 aromatic carbocycles. The van der Waals surface area contributed by atoms with Gasteiger partial charge in [-0.2, -0.15) is 0 Å². The third kappa shape index (κ3) is 25.2. The van der Waals surface area contributed by atoms with Gasteiger partial charge in [0, 0.05) is 23.7 Å². The van der Waals surface area contributed by atoms with E-state index in [0.29, 0.717) is 6.54 Å². The Labute approximate surface area is 119 Å². The van der Waals surface area contributed by atoms with Gasteiger partial charge in [-0.25, -0.2) is 9.59 Å². The molecule has 118 valence electrons. The highest BCUT2D eigenvalue weighted by molar-refractivity contribution is 5.85. The lowest BCUT2D eigenvalue weighted by Crippen LogP contribution is -2.31. The van der Waals surface area contributed by atoms with Crippen molar-refractivity contribution in [3.8, 4) is 0 Å². The number of aliphatic hydroxyl groups excluding tert-OH is 2. The normalized spacial score (nSPS) is 10.1. The first-order valence-electron chi connectivity index (χ1n) is 5.82. The summed E-state index contributed by atoms with van der Waals surface area (Å²) < 4.78 is 0. The van der Waals surface area contributed by atoms with Crippen molar-refractivity contribution in [2.45, 2.75) is 26.8 Å². The van der Waals surface area contributed by atoms with E-state index in [2.05, 4.69) is 18.5 Å². The van der Waals surface area contributed by atoms with E-state index < -0.39 is 11.9 Å². The molecule has 20 heavy (non-hydrogen) atoms. The Kier molecular flexibility index (Phi) is 18.0. The summed E-state index contributed by atoms with van der Waals surface area (Å²) in [6.07, 6.45) is 0. The van der Waals surface area contributed by atoms with Crippen LogP contribution in [-0.4, -0.2) is 58.2 Å². The van der Waals surface area contributed by atoms with E-state index in [-0.39, 0.29) is 30.4 Å². The predicted octanol–water partition coefficient (Wildman–Crippen LogP) is 0.243. The number of carbonyl (C=O) groups is 2. The third-order valence-corrected chi connectivity index (χ3v) is 1.61. The van der Waals surface area contributed by atoms with E-state index in [1.807, 2.05) is 6.92 Å². The molecule has 0 saturated carbocycles. The Bertz CT molecular complexity index is 266. The molecular weight excluding hydrogens is 266 g/mol. The van der Waals surface area contributed by atoms with Crippen molar-refractivity contribution in [2.24, 2.45) is 0 Å². The zero-order valence-electron chi connectivity index (χ0n) is 12.2. The van der Waals surface area contributed by atoms with Gasteiger partial charge in [0.05, 0.1) is 13.2 Å². The monoisotopic (exact) mass is 291 g/mol. The quantitative estimate of drug-likeness (QED) is 0.444. The summed E-state index contributed by atoms with van der Waals surface area (Å²) in [5.41, 5.74) is 0.352. The number of carboxylic acid groups (broad SMARTS) is 2.